The van der Waals surface area contributed by atoms with Crippen molar-refractivity contribution in [2.45, 2.75) is 19.9 Å². The second kappa shape index (κ2) is 4.09. The van der Waals surface area contributed by atoms with Gasteiger partial charge in [-0.25, -0.2) is 4.98 Å². The van der Waals surface area contributed by atoms with Crippen LogP contribution >= 0.6 is 0 Å². The van der Waals surface area contributed by atoms with Crippen molar-refractivity contribution < 1.29 is 4.79 Å². The summed E-state index contributed by atoms with van der Waals surface area (Å²) in [5.41, 5.74) is 6.39. The molecule has 1 heterocycles. The molecule has 0 bridgehead atoms. The van der Waals surface area contributed by atoms with E-state index in [-0.39, 0.29) is 11.9 Å². The molecule has 0 aliphatic heterocycles. The first-order chi connectivity index (χ1) is 6.54. The molecule has 4 heteroatoms. The predicted molar refractivity (Wildman–Crippen MR) is 55.9 cm³/mol. The van der Waals surface area contributed by atoms with Gasteiger partial charge >= 0.3 is 0 Å². The van der Waals surface area contributed by atoms with E-state index in [1.165, 1.54) is 0 Å². The van der Waals surface area contributed by atoms with Gasteiger partial charge in [-0.1, -0.05) is 0 Å². The van der Waals surface area contributed by atoms with E-state index in [0.717, 1.165) is 0 Å². The number of carbonyl (C=O) groups is 1. The van der Waals surface area contributed by atoms with Crippen LogP contribution < -0.4 is 5.73 Å². The van der Waals surface area contributed by atoms with E-state index < -0.39 is 0 Å². The Hall–Kier alpha value is -1.58. The Labute approximate surface area is 83.7 Å². The van der Waals surface area contributed by atoms with Crippen LogP contribution in [0.15, 0.2) is 18.3 Å². The molecule has 0 spiro atoms. The lowest BCUT2D eigenvalue weighted by Gasteiger charge is -2.21. The van der Waals surface area contributed by atoms with Gasteiger partial charge in [0, 0.05) is 19.3 Å². The van der Waals surface area contributed by atoms with E-state index >= 15 is 0 Å². The molecule has 0 aliphatic carbocycles. The molecule has 0 atom stereocenters. The molecule has 4 nitrogen and oxygen atoms in total. The summed E-state index contributed by atoms with van der Waals surface area (Å²) < 4.78 is 0. The quantitative estimate of drug-likeness (QED) is 0.766. The number of anilines is 1. The van der Waals surface area contributed by atoms with Crippen molar-refractivity contribution in [3.05, 3.63) is 24.0 Å². The van der Waals surface area contributed by atoms with E-state index in [1.54, 1.807) is 30.3 Å². The van der Waals surface area contributed by atoms with Gasteiger partial charge < -0.3 is 10.6 Å². The molecule has 0 radical (unpaired) electrons. The van der Waals surface area contributed by atoms with Crippen molar-refractivity contribution in [1.29, 1.82) is 0 Å². The van der Waals surface area contributed by atoms with E-state index in [2.05, 4.69) is 4.98 Å². The van der Waals surface area contributed by atoms with Crippen LogP contribution in [-0.4, -0.2) is 28.9 Å². The summed E-state index contributed by atoms with van der Waals surface area (Å²) in [6, 6.07) is 3.53. The summed E-state index contributed by atoms with van der Waals surface area (Å²) in [7, 11) is 1.74. The highest BCUT2D eigenvalue weighted by Gasteiger charge is 2.17. The molecule has 14 heavy (non-hydrogen) atoms. The normalized spacial score (nSPS) is 10.3. The Kier molecular flexibility index (Phi) is 3.06. The van der Waals surface area contributed by atoms with Gasteiger partial charge in [0.25, 0.3) is 5.91 Å². The number of carbonyl (C=O) groups excluding carboxylic acids is 1. The van der Waals surface area contributed by atoms with Crippen molar-refractivity contribution >= 4 is 11.6 Å². The molecule has 0 saturated carbocycles. The zero-order valence-electron chi connectivity index (χ0n) is 8.69. The first-order valence-electron chi connectivity index (χ1n) is 4.51. The summed E-state index contributed by atoms with van der Waals surface area (Å²) in [5, 5.41) is 0. The van der Waals surface area contributed by atoms with E-state index in [0.29, 0.717) is 11.4 Å². The van der Waals surface area contributed by atoms with Crippen molar-refractivity contribution in [2.75, 3.05) is 12.8 Å². The van der Waals surface area contributed by atoms with Crippen molar-refractivity contribution in [3.8, 4) is 0 Å². The minimum absolute atomic E-state index is 0.141. The van der Waals surface area contributed by atoms with Gasteiger partial charge in [-0.05, 0) is 26.0 Å². The zero-order chi connectivity index (χ0) is 10.7. The molecule has 0 aliphatic rings. The van der Waals surface area contributed by atoms with Crippen molar-refractivity contribution in [1.82, 2.24) is 9.88 Å². The standard InChI is InChI=1S/C10H15N3O/c1-7(2)13(3)10(14)9-8(11)5-4-6-12-9/h4-7H,11H2,1-3H3. The molecule has 0 aromatic carbocycles. The van der Waals surface area contributed by atoms with Crippen LogP contribution in [0.2, 0.25) is 0 Å². The molecule has 0 saturated heterocycles. The van der Waals surface area contributed by atoms with E-state index in [9.17, 15) is 4.79 Å². The number of nitrogen functional groups attached to an aromatic ring is 1. The molecule has 1 aromatic rings. The smallest absolute Gasteiger partial charge is 0.274 e. The van der Waals surface area contributed by atoms with Gasteiger partial charge in [-0.15, -0.1) is 0 Å². The second-order valence-corrected chi connectivity index (χ2v) is 3.45. The highest BCUT2D eigenvalue weighted by molar-refractivity contribution is 5.97. The molecule has 1 rings (SSSR count). The number of amides is 1. The van der Waals surface area contributed by atoms with Crippen LogP contribution in [0.5, 0.6) is 0 Å². The topological polar surface area (TPSA) is 59.2 Å². The third-order valence-electron chi connectivity index (χ3n) is 2.14. The van der Waals surface area contributed by atoms with Crippen LogP contribution in [0.1, 0.15) is 24.3 Å². The second-order valence-electron chi connectivity index (χ2n) is 3.45. The molecular formula is C10H15N3O. The van der Waals surface area contributed by atoms with Gasteiger partial charge in [0.2, 0.25) is 0 Å². The number of nitrogens with two attached hydrogens (primary N) is 1. The number of hydrogen-bond donors (Lipinski definition) is 1. The predicted octanol–water partition coefficient (Wildman–Crippen LogP) is 1.14. The minimum Gasteiger partial charge on any atom is -0.397 e. The summed E-state index contributed by atoms with van der Waals surface area (Å²) >= 11 is 0. The largest absolute Gasteiger partial charge is 0.397 e. The van der Waals surface area contributed by atoms with Crippen LogP contribution in [-0.2, 0) is 0 Å². The number of pyridine rings is 1. The summed E-state index contributed by atoms with van der Waals surface area (Å²) in [6.45, 7) is 3.88. The fraction of sp³-hybridized carbons (Fsp3) is 0.400. The summed E-state index contributed by atoms with van der Waals surface area (Å²) in [4.78, 5) is 17.4. The Morgan fingerprint density at radius 2 is 2.21 bits per heavy atom. The van der Waals surface area contributed by atoms with Gasteiger partial charge in [-0.2, -0.15) is 0 Å². The fourth-order valence-corrected chi connectivity index (χ4v) is 0.998. The molecular weight excluding hydrogens is 178 g/mol. The first kappa shape index (κ1) is 10.5. The average molecular weight is 193 g/mol. The Bertz CT molecular complexity index is 336. The van der Waals surface area contributed by atoms with Crippen LogP contribution in [0.4, 0.5) is 5.69 Å². The number of rotatable bonds is 2. The Morgan fingerprint density at radius 3 is 2.71 bits per heavy atom. The van der Waals surface area contributed by atoms with Crippen molar-refractivity contribution in [2.24, 2.45) is 0 Å². The third-order valence-corrected chi connectivity index (χ3v) is 2.14. The number of aromatic nitrogens is 1. The number of hydrogen-bond acceptors (Lipinski definition) is 3. The monoisotopic (exact) mass is 193 g/mol. The van der Waals surface area contributed by atoms with Crippen LogP contribution in [0, 0.1) is 0 Å². The summed E-state index contributed by atoms with van der Waals surface area (Å²) in [6.07, 6.45) is 1.57. The maximum absolute atomic E-state index is 11.8. The number of nitrogens with zero attached hydrogens (tertiary/aromatic N) is 2. The maximum atomic E-state index is 11.8. The maximum Gasteiger partial charge on any atom is 0.274 e. The fourth-order valence-electron chi connectivity index (χ4n) is 0.998. The highest BCUT2D eigenvalue weighted by Crippen LogP contribution is 2.10. The van der Waals surface area contributed by atoms with Gasteiger partial charge in [0.15, 0.2) is 5.69 Å². The van der Waals surface area contributed by atoms with Crippen molar-refractivity contribution in [3.63, 3.8) is 0 Å². The Balaban J connectivity index is 2.95. The molecule has 0 unspecified atom stereocenters. The minimum atomic E-state index is -0.141. The molecule has 0 fully saturated rings. The van der Waals surface area contributed by atoms with Crippen LogP contribution in [0.3, 0.4) is 0 Å². The van der Waals surface area contributed by atoms with E-state index in [1.807, 2.05) is 13.8 Å². The Morgan fingerprint density at radius 1 is 1.57 bits per heavy atom. The average Bonchev–Trinajstić information content (AvgIpc) is 2.16. The lowest BCUT2D eigenvalue weighted by atomic mass is 10.2. The first-order valence-corrected chi connectivity index (χ1v) is 4.51. The van der Waals surface area contributed by atoms with Crippen LogP contribution in [0.25, 0.3) is 0 Å². The lowest BCUT2D eigenvalue weighted by Crippen LogP contribution is -2.34. The zero-order valence-corrected chi connectivity index (χ0v) is 8.69. The lowest BCUT2D eigenvalue weighted by molar-refractivity contribution is 0.0750. The third kappa shape index (κ3) is 2.02. The summed E-state index contributed by atoms with van der Waals surface area (Å²) in [5.74, 6) is -0.141. The molecule has 1 amide bonds. The SMILES string of the molecule is CC(C)N(C)C(=O)c1ncccc1N. The highest BCUT2D eigenvalue weighted by atomic mass is 16.2. The van der Waals surface area contributed by atoms with Gasteiger partial charge in [0.05, 0.1) is 5.69 Å². The van der Waals surface area contributed by atoms with Gasteiger partial charge in [0.1, 0.15) is 0 Å². The molecule has 2 N–H and O–H groups in total. The van der Waals surface area contributed by atoms with Gasteiger partial charge in [-0.3, -0.25) is 4.79 Å². The van der Waals surface area contributed by atoms with E-state index in [4.69, 9.17) is 5.73 Å². The molecule has 1 aromatic heterocycles. The molecule has 76 valence electrons.